The molecule has 2 bridgehead atoms. The van der Waals surface area contributed by atoms with Gasteiger partial charge in [-0.1, -0.05) is 30.3 Å². The van der Waals surface area contributed by atoms with Crippen LogP contribution in [0.25, 0.3) is 0 Å². The van der Waals surface area contributed by atoms with Gasteiger partial charge in [0.1, 0.15) is 6.61 Å². The fourth-order valence-electron chi connectivity index (χ4n) is 5.72. The van der Waals surface area contributed by atoms with Crippen molar-refractivity contribution in [2.45, 2.75) is 36.9 Å². The molecule has 7 nitrogen and oxygen atoms in total. The van der Waals surface area contributed by atoms with E-state index in [0.717, 1.165) is 22.0 Å². The zero-order valence-electron chi connectivity index (χ0n) is 18.5. The summed E-state index contributed by atoms with van der Waals surface area (Å²) in [5, 5.41) is 8.28. The number of ether oxygens (including phenoxy) is 1. The molecule has 184 valence electrons. The van der Waals surface area contributed by atoms with Gasteiger partial charge in [0.2, 0.25) is 10.0 Å². The van der Waals surface area contributed by atoms with E-state index in [9.17, 15) is 26.4 Å². The molecule has 2 aromatic carbocycles. The standard InChI is InChI=1S/C24H22F3N3O4S/c25-24(26,27)20-10-18(8-6-16(20)11-28)30-13-19-21-9-7-17(22(19)35(30,32)33)12-29(21)23(31)34-14-15-4-2-1-3-5-15/h1-6,8,10,17,19,21-22H,7,9,12-14H2. The molecule has 0 N–H and O–H groups in total. The first-order valence-electron chi connectivity index (χ1n) is 11.2. The lowest BCUT2D eigenvalue weighted by Crippen LogP contribution is -2.61. The van der Waals surface area contributed by atoms with Crippen LogP contribution in [-0.2, 0) is 27.5 Å². The van der Waals surface area contributed by atoms with E-state index in [4.69, 9.17) is 10.00 Å². The van der Waals surface area contributed by atoms with Gasteiger partial charge in [-0.2, -0.15) is 18.4 Å². The van der Waals surface area contributed by atoms with E-state index < -0.39 is 44.6 Å². The third-order valence-electron chi connectivity index (χ3n) is 7.23. The van der Waals surface area contributed by atoms with E-state index in [-0.39, 0.29) is 37.3 Å². The van der Waals surface area contributed by atoms with Gasteiger partial charge in [-0.15, -0.1) is 0 Å². The summed E-state index contributed by atoms with van der Waals surface area (Å²) in [5.41, 5.74) is -1.03. The number of rotatable bonds is 3. The maximum atomic E-state index is 13.5. The Morgan fingerprint density at radius 3 is 2.54 bits per heavy atom. The average molecular weight is 506 g/mol. The Hall–Kier alpha value is -3.26. The number of hydrogen-bond donors (Lipinski definition) is 0. The lowest BCUT2D eigenvalue weighted by molar-refractivity contribution is -0.137. The molecule has 4 aliphatic rings. The molecule has 4 fully saturated rings. The topological polar surface area (TPSA) is 90.7 Å². The molecule has 6 rings (SSSR count). The fraction of sp³-hybridized carbons (Fsp3) is 0.417. The minimum absolute atomic E-state index is 0.0279. The minimum atomic E-state index is -4.80. The zero-order chi connectivity index (χ0) is 25.0. The number of nitrogens with zero attached hydrogens (tertiary/aromatic N) is 3. The Morgan fingerprint density at radius 2 is 1.86 bits per heavy atom. The second-order valence-corrected chi connectivity index (χ2v) is 11.2. The largest absolute Gasteiger partial charge is 0.445 e. The smallest absolute Gasteiger partial charge is 0.417 e. The van der Waals surface area contributed by atoms with Crippen LogP contribution in [0.5, 0.6) is 0 Å². The number of halogens is 3. The van der Waals surface area contributed by atoms with Gasteiger partial charge in [0.15, 0.2) is 0 Å². The van der Waals surface area contributed by atoms with Crippen LogP contribution < -0.4 is 4.31 Å². The molecule has 1 saturated carbocycles. The monoisotopic (exact) mass is 505 g/mol. The number of anilines is 1. The average Bonchev–Trinajstić information content (AvgIpc) is 3.15. The number of sulfonamides is 1. The van der Waals surface area contributed by atoms with Gasteiger partial charge < -0.3 is 9.64 Å². The Balaban J connectivity index is 1.40. The molecule has 4 atom stereocenters. The van der Waals surface area contributed by atoms with Crippen molar-refractivity contribution in [2.75, 3.05) is 17.4 Å². The molecule has 2 aromatic rings. The van der Waals surface area contributed by atoms with Gasteiger partial charge in [-0.25, -0.2) is 13.2 Å². The molecule has 3 aliphatic heterocycles. The maximum absolute atomic E-state index is 13.5. The van der Waals surface area contributed by atoms with Gasteiger partial charge in [0.25, 0.3) is 0 Å². The highest BCUT2D eigenvalue weighted by atomic mass is 32.2. The van der Waals surface area contributed by atoms with Crippen LogP contribution >= 0.6 is 0 Å². The van der Waals surface area contributed by atoms with Crippen molar-refractivity contribution in [3.8, 4) is 6.07 Å². The molecule has 0 spiro atoms. The van der Waals surface area contributed by atoms with Crippen molar-refractivity contribution in [1.82, 2.24) is 4.90 Å². The quantitative estimate of drug-likeness (QED) is 0.625. The van der Waals surface area contributed by atoms with Crippen LogP contribution in [-0.4, -0.2) is 43.8 Å². The summed E-state index contributed by atoms with van der Waals surface area (Å²) in [7, 11) is -3.95. The summed E-state index contributed by atoms with van der Waals surface area (Å²) in [6.07, 6.45) is -4.09. The molecular weight excluding hydrogens is 483 g/mol. The second-order valence-electron chi connectivity index (χ2n) is 9.14. The minimum Gasteiger partial charge on any atom is -0.445 e. The van der Waals surface area contributed by atoms with Crippen LogP contribution in [0.15, 0.2) is 48.5 Å². The molecule has 0 aromatic heterocycles. The first-order chi connectivity index (χ1) is 16.6. The zero-order valence-corrected chi connectivity index (χ0v) is 19.3. The SMILES string of the molecule is N#Cc1ccc(N2CC3C4CCC(CN4C(=O)OCc4ccccc4)C3S2(=O)=O)cc1C(F)(F)F. The highest BCUT2D eigenvalue weighted by Gasteiger charge is 2.60. The summed E-state index contributed by atoms with van der Waals surface area (Å²) in [4.78, 5) is 14.5. The van der Waals surface area contributed by atoms with Gasteiger partial charge in [0.05, 0.1) is 28.1 Å². The second kappa shape index (κ2) is 8.45. The van der Waals surface area contributed by atoms with Gasteiger partial charge >= 0.3 is 12.3 Å². The molecule has 3 heterocycles. The Kier molecular flexibility index (Phi) is 5.67. The number of amides is 1. The molecule has 3 saturated heterocycles. The van der Waals surface area contributed by atoms with E-state index in [1.54, 1.807) is 4.90 Å². The third kappa shape index (κ3) is 3.99. The van der Waals surface area contributed by atoms with Crippen molar-refractivity contribution in [1.29, 1.82) is 5.26 Å². The highest BCUT2D eigenvalue weighted by molar-refractivity contribution is 7.93. The van der Waals surface area contributed by atoms with Crippen LogP contribution in [0.4, 0.5) is 23.7 Å². The van der Waals surface area contributed by atoms with Crippen molar-refractivity contribution >= 4 is 21.8 Å². The molecule has 35 heavy (non-hydrogen) atoms. The van der Waals surface area contributed by atoms with E-state index >= 15 is 0 Å². The number of carbonyl (C=O) groups excluding carboxylic acids is 1. The molecular formula is C24H22F3N3O4S. The first kappa shape index (κ1) is 23.5. The Labute approximate surface area is 200 Å². The summed E-state index contributed by atoms with van der Waals surface area (Å²) in [5.74, 6) is -0.772. The van der Waals surface area contributed by atoms with Crippen LogP contribution in [0.2, 0.25) is 0 Å². The predicted octanol–water partition coefficient (Wildman–Crippen LogP) is 4.14. The molecule has 4 unspecified atom stereocenters. The van der Waals surface area contributed by atoms with Gasteiger partial charge in [-0.05, 0) is 42.5 Å². The van der Waals surface area contributed by atoms with E-state index in [1.165, 1.54) is 12.1 Å². The molecule has 1 aliphatic carbocycles. The summed E-state index contributed by atoms with van der Waals surface area (Å²) in [6.45, 7) is 0.297. The Morgan fingerprint density at radius 1 is 1.11 bits per heavy atom. The van der Waals surface area contributed by atoms with Gasteiger partial charge in [0, 0.05) is 25.0 Å². The van der Waals surface area contributed by atoms with Crippen molar-refractivity contribution in [3.05, 3.63) is 65.2 Å². The van der Waals surface area contributed by atoms with Crippen LogP contribution in [0.1, 0.15) is 29.5 Å². The van der Waals surface area contributed by atoms with E-state index in [0.29, 0.717) is 12.8 Å². The molecule has 0 radical (unpaired) electrons. The first-order valence-corrected chi connectivity index (χ1v) is 12.7. The van der Waals surface area contributed by atoms with E-state index in [2.05, 4.69) is 0 Å². The van der Waals surface area contributed by atoms with Crippen molar-refractivity contribution in [2.24, 2.45) is 11.8 Å². The summed E-state index contributed by atoms with van der Waals surface area (Å²) < 4.78 is 73.9. The predicted molar refractivity (Wildman–Crippen MR) is 120 cm³/mol. The van der Waals surface area contributed by atoms with E-state index in [1.807, 2.05) is 30.3 Å². The number of carbonyl (C=O) groups is 1. The number of alkyl halides is 3. The third-order valence-corrected chi connectivity index (χ3v) is 9.63. The van der Waals surface area contributed by atoms with Crippen LogP contribution in [0.3, 0.4) is 0 Å². The maximum Gasteiger partial charge on any atom is 0.417 e. The highest BCUT2D eigenvalue weighted by Crippen LogP contribution is 2.49. The fourth-order valence-corrected chi connectivity index (χ4v) is 8.22. The Bertz CT molecular complexity index is 1290. The summed E-state index contributed by atoms with van der Waals surface area (Å²) in [6, 6.07) is 13.3. The van der Waals surface area contributed by atoms with Crippen LogP contribution in [0, 0.1) is 23.2 Å². The van der Waals surface area contributed by atoms with Crippen molar-refractivity contribution in [3.63, 3.8) is 0 Å². The number of benzene rings is 2. The van der Waals surface area contributed by atoms with Crippen molar-refractivity contribution < 1.29 is 31.1 Å². The molecule has 1 amide bonds. The lowest BCUT2D eigenvalue weighted by atomic mass is 9.72. The number of fused-ring (bicyclic) bond motifs is 2. The molecule has 11 heteroatoms. The number of hydrogen-bond acceptors (Lipinski definition) is 5. The normalized spacial score (nSPS) is 26.8. The number of piperidine rings is 2. The lowest BCUT2D eigenvalue weighted by Gasteiger charge is -2.50. The number of nitriles is 1. The van der Waals surface area contributed by atoms with Gasteiger partial charge in [-0.3, -0.25) is 4.31 Å². The summed E-state index contributed by atoms with van der Waals surface area (Å²) >= 11 is 0.